The predicted octanol–water partition coefficient (Wildman–Crippen LogP) is 4.90. The number of aryl methyl sites for hydroxylation is 1. The van der Waals surface area contributed by atoms with Crippen molar-refractivity contribution >= 4 is 17.6 Å². The molecular weight excluding hydrogens is 364 g/mol. The quantitative estimate of drug-likeness (QED) is 0.609. The fourth-order valence-corrected chi connectivity index (χ4v) is 3.55. The number of hydrogen-bond acceptors (Lipinski definition) is 3. The lowest BCUT2D eigenvalue weighted by Crippen LogP contribution is -2.20. The summed E-state index contributed by atoms with van der Waals surface area (Å²) in [5, 5.41) is 2.93. The number of aromatic nitrogens is 1. The second-order valence-corrected chi connectivity index (χ2v) is 7.02. The highest BCUT2D eigenvalue weighted by Crippen LogP contribution is 2.31. The van der Waals surface area contributed by atoms with Crippen LogP contribution in [-0.2, 0) is 16.1 Å². The van der Waals surface area contributed by atoms with E-state index < -0.39 is 0 Å². The zero-order valence-electron chi connectivity index (χ0n) is 17.3. The highest BCUT2D eigenvalue weighted by Gasteiger charge is 2.25. The van der Waals surface area contributed by atoms with Gasteiger partial charge in [0.15, 0.2) is 0 Å². The Labute approximate surface area is 171 Å². The van der Waals surface area contributed by atoms with Crippen molar-refractivity contribution in [2.45, 2.75) is 34.2 Å². The van der Waals surface area contributed by atoms with Gasteiger partial charge in [-0.1, -0.05) is 48.0 Å². The molecule has 3 rings (SSSR count). The summed E-state index contributed by atoms with van der Waals surface area (Å²) in [6.45, 7) is 7.94. The van der Waals surface area contributed by atoms with Gasteiger partial charge in [0, 0.05) is 11.4 Å². The van der Waals surface area contributed by atoms with E-state index in [0.717, 1.165) is 33.8 Å². The summed E-state index contributed by atoms with van der Waals surface area (Å²) in [4.78, 5) is 25.3. The summed E-state index contributed by atoms with van der Waals surface area (Å²) in [5.41, 5.74) is 5.74. The van der Waals surface area contributed by atoms with Gasteiger partial charge in [0.25, 0.3) is 0 Å². The van der Waals surface area contributed by atoms with Crippen LogP contribution in [0.15, 0.2) is 54.6 Å². The summed E-state index contributed by atoms with van der Waals surface area (Å²) in [5.74, 6) is -0.517. The smallest absolute Gasteiger partial charge is 0.340 e. The van der Waals surface area contributed by atoms with Crippen LogP contribution in [0.1, 0.15) is 34.1 Å². The molecule has 0 aliphatic carbocycles. The van der Waals surface area contributed by atoms with Crippen molar-refractivity contribution in [3.63, 3.8) is 0 Å². The first-order valence-electron chi connectivity index (χ1n) is 9.71. The van der Waals surface area contributed by atoms with Crippen molar-refractivity contribution in [3.05, 3.63) is 77.0 Å². The van der Waals surface area contributed by atoms with Crippen LogP contribution in [0.5, 0.6) is 0 Å². The van der Waals surface area contributed by atoms with Crippen molar-refractivity contribution in [3.8, 4) is 11.3 Å². The number of esters is 1. The Balaban J connectivity index is 1.99. The Morgan fingerprint density at radius 2 is 1.62 bits per heavy atom. The minimum absolute atomic E-state index is 0.101. The topological polar surface area (TPSA) is 60.3 Å². The fraction of sp³-hybridized carbons (Fsp3) is 0.250. The highest BCUT2D eigenvalue weighted by atomic mass is 16.5. The molecule has 1 heterocycles. The van der Waals surface area contributed by atoms with Gasteiger partial charge in [-0.05, 0) is 51.0 Å². The van der Waals surface area contributed by atoms with Crippen LogP contribution in [0.4, 0.5) is 5.69 Å². The molecule has 0 aliphatic rings. The third-order valence-corrected chi connectivity index (χ3v) is 4.93. The molecule has 0 aliphatic heterocycles. The number of amides is 1. The second-order valence-electron chi connectivity index (χ2n) is 7.02. The first kappa shape index (κ1) is 20.4. The zero-order chi connectivity index (χ0) is 21.0. The summed E-state index contributed by atoms with van der Waals surface area (Å²) in [6.07, 6.45) is 0. The molecule has 150 valence electrons. The monoisotopic (exact) mass is 390 g/mol. The van der Waals surface area contributed by atoms with Crippen LogP contribution in [-0.4, -0.2) is 23.1 Å². The number of nitrogens with one attached hydrogen (secondary N) is 1. The van der Waals surface area contributed by atoms with Gasteiger partial charge in [-0.3, -0.25) is 4.79 Å². The van der Waals surface area contributed by atoms with E-state index in [1.807, 2.05) is 79.9 Å². The summed E-state index contributed by atoms with van der Waals surface area (Å²) in [6, 6.07) is 17.4. The van der Waals surface area contributed by atoms with Crippen LogP contribution in [0.25, 0.3) is 11.3 Å². The first-order valence-corrected chi connectivity index (χ1v) is 9.71. The molecule has 5 heteroatoms. The molecule has 1 amide bonds. The lowest BCUT2D eigenvalue weighted by molar-refractivity contribution is -0.116. The van der Waals surface area contributed by atoms with E-state index in [2.05, 4.69) is 5.32 Å². The maximum atomic E-state index is 12.8. The largest absolute Gasteiger partial charge is 0.462 e. The summed E-state index contributed by atoms with van der Waals surface area (Å²) in [7, 11) is 0. The molecule has 2 aromatic carbocycles. The molecule has 0 saturated heterocycles. The second kappa shape index (κ2) is 8.78. The Morgan fingerprint density at radius 1 is 0.966 bits per heavy atom. The molecule has 29 heavy (non-hydrogen) atoms. The molecule has 0 spiro atoms. The van der Waals surface area contributed by atoms with E-state index in [0.29, 0.717) is 12.2 Å². The van der Waals surface area contributed by atoms with Crippen LogP contribution in [0.2, 0.25) is 0 Å². The van der Waals surface area contributed by atoms with Crippen molar-refractivity contribution < 1.29 is 14.3 Å². The highest BCUT2D eigenvalue weighted by molar-refractivity contribution is 5.96. The number of benzene rings is 2. The van der Waals surface area contributed by atoms with Gasteiger partial charge < -0.3 is 14.6 Å². The molecule has 1 N–H and O–H groups in total. The van der Waals surface area contributed by atoms with Crippen molar-refractivity contribution in [2.24, 2.45) is 0 Å². The van der Waals surface area contributed by atoms with Gasteiger partial charge in [0.2, 0.25) is 5.91 Å². The van der Waals surface area contributed by atoms with Crippen molar-refractivity contribution in [2.75, 3.05) is 11.9 Å². The van der Waals surface area contributed by atoms with E-state index in [4.69, 9.17) is 4.74 Å². The third-order valence-electron chi connectivity index (χ3n) is 4.93. The molecule has 0 atom stereocenters. The van der Waals surface area contributed by atoms with E-state index in [9.17, 15) is 9.59 Å². The lowest BCUT2D eigenvalue weighted by Gasteiger charge is -2.13. The molecule has 0 radical (unpaired) electrons. The van der Waals surface area contributed by atoms with Crippen LogP contribution in [0, 0.1) is 20.8 Å². The average molecular weight is 390 g/mol. The Kier molecular flexibility index (Phi) is 6.17. The molecule has 0 bridgehead atoms. The molecular formula is C24H26N2O3. The minimum atomic E-state index is -0.364. The summed E-state index contributed by atoms with van der Waals surface area (Å²) < 4.78 is 7.14. The van der Waals surface area contributed by atoms with Gasteiger partial charge in [-0.25, -0.2) is 4.79 Å². The van der Waals surface area contributed by atoms with Crippen molar-refractivity contribution in [1.29, 1.82) is 0 Å². The van der Waals surface area contributed by atoms with E-state index in [-0.39, 0.29) is 18.4 Å². The van der Waals surface area contributed by atoms with Crippen molar-refractivity contribution in [1.82, 2.24) is 4.57 Å². The van der Waals surface area contributed by atoms with Crippen LogP contribution in [0.3, 0.4) is 0 Å². The number of carbonyl (C=O) groups excluding carboxylic acids is 2. The number of anilines is 1. The number of ether oxygens (including phenoxy) is 1. The normalized spacial score (nSPS) is 10.6. The van der Waals surface area contributed by atoms with Gasteiger partial charge in [-0.2, -0.15) is 0 Å². The molecule has 5 nitrogen and oxygen atoms in total. The van der Waals surface area contributed by atoms with Gasteiger partial charge in [0.1, 0.15) is 6.54 Å². The third kappa shape index (κ3) is 4.40. The van der Waals surface area contributed by atoms with Gasteiger partial charge in [-0.15, -0.1) is 0 Å². The maximum absolute atomic E-state index is 12.8. The Morgan fingerprint density at radius 3 is 2.24 bits per heavy atom. The molecule has 3 aromatic rings. The summed E-state index contributed by atoms with van der Waals surface area (Å²) >= 11 is 0. The minimum Gasteiger partial charge on any atom is -0.462 e. The molecule has 0 unspecified atom stereocenters. The number of carbonyl (C=O) groups is 2. The standard InChI is InChI=1S/C24H26N2O3/c1-5-29-24(28)22-17(3)23(19-9-7-6-8-10-19)26(18(22)4)15-21(27)25-20-13-11-16(2)12-14-20/h6-14H,5,15H2,1-4H3,(H,25,27). The molecule has 0 saturated carbocycles. The lowest BCUT2D eigenvalue weighted by atomic mass is 10.1. The maximum Gasteiger partial charge on any atom is 0.340 e. The first-order chi connectivity index (χ1) is 13.9. The Hall–Kier alpha value is -3.34. The van der Waals surface area contributed by atoms with Crippen LogP contribution < -0.4 is 5.32 Å². The van der Waals surface area contributed by atoms with E-state index >= 15 is 0 Å². The average Bonchev–Trinajstić information content (AvgIpc) is 2.94. The predicted molar refractivity (Wildman–Crippen MR) is 115 cm³/mol. The SMILES string of the molecule is CCOC(=O)c1c(C)c(-c2ccccc2)n(CC(=O)Nc2ccc(C)cc2)c1C. The van der Waals surface area contributed by atoms with E-state index in [1.165, 1.54) is 0 Å². The zero-order valence-corrected chi connectivity index (χ0v) is 17.3. The number of nitrogens with zero attached hydrogens (tertiary/aromatic N) is 1. The van der Waals surface area contributed by atoms with Gasteiger partial charge >= 0.3 is 5.97 Å². The van der Waals surface area contributed by atoms with E-state index in [1.54, 1.807) is 6.92 Å². The fourth-order valence-electron chi connectivity index (χ4n) is 3.55. The molecule has 1 aromatic heterocycles. The Bertz CT molecular complexity index is 1020. The number of rotatable bonds is 6. The van der Waals surface area contributed by atoms with Gasteiger partial charge in [0.05, 0.1) is 17.9 Å². The van der Waals surface area contributed by atoms with Crippen LogP contribution >= 0.6 is 0 Å². The number of hydrogen-bond donors (Lipinski definition) is 1. The molecule has 0 fully saturated rings.